The molecule has 174 valence electrons. The number of benzene rings is 1. The Hall–Kier alpha value is -1.67. The SMILES string of the molecule is CN=C(NCCCOC1CCN(Cc2ccccc2)CC1)NCC1(CCO)CCOC1. The van der Waals surface area contributed by atoms with Gasteiger partial charge in [-0.3, -0.25) is 9.89 Å². The van der Waals surface area contributed by atoms with Crippen LogP contribution < -0.4 is 10.6 Å². The summed E-state index contributed by atoms with van der Waals surface area (Å²) in [4.78, 5) is 6.83. The maximum Gasteiger partial charge on any atom is 0.190 e. The van der Waals surface area contributed by atoms with E-state index in [9.17, 15) is 5.11 Å². The molecule has 7 nitrogen and oxygen atoms in total. The Morgan fingerprint density at radius 2 is 2.06 bits per heavy atom. The largest absolute Gasteiger partial charge is 0.396 e. The van der Waals surface area contributed by atoms with Crippen molar-refractivity contribution in [1.82, 2.24) is 15.5 Å². The molecule has 2 saturated heterocycles. The minimum Gasteiger partial charge on any atom is -0.396 e. The molecule has 3 N–H and O–H groups in total. The number of rotatable bonds is 11. The predicted octanol–water partition coefficient (Wildman–Crippen LogP) is 2.01. The van der Waals surface area contributed by atoms with Gasteiger partial charge in [0.1, 0.15) is 0 Å². The van der Waals surface area contributed by atoms with E-state index in [4.69, 9.17) is 9.47 Å². The second-order valence-electron chi connectivity index (χ2n) is 8.81. The smallest absolute Gasteiger partial charge is 0.190 e. The van der Waals surface area contributed by atoms with Gasteiger partial charge in [-0.05, 0) is 37.7 Å². The Morgan fingerprint density at radius 1 is 1.26 bits per heavy atom. The highest BCUT2D eigenvalue weighted by molar-refractivity contribution is 5.79. The molecule has 0 aliphatic carbocycles. The molecule has 0 spiro atoms. The summed E-state index contributed by atoms with van der Waals surface area (Å²) >= 11 is 0. The number of aliphatic hydroxyl groups is 1. The van der Waals surface area contributed by atoms with Crippen LogP contribution in [0.3, 0.4) is 0 Å². The maximum atomic E-state index is 9.36. The molecule has 1 unspecified atom stereocenters. The molecule has 0 radical (unpaired) electrons. The van der Waals surface area contributed by atoms with Crippen molar-refractivity contribution in [2.75, 3.05) is 59.7 Å². The number of aliphatic hydroxyl groups excluding tert-OH is 1. The molecule has 2 aliphatic rings. The Kier molecular flexibility index (Phi) is 10.1. The molecule has 1 aromatic rings. The van der Waals surface area contributed by atoms with Crippen LogP contribution in [0.15, 0.2) is 35.3 Å². The summed E-state index contributed by atoms with van der Waals surface area (Å²) in [7, 11) is 1.79. The number of likely N-dealkylation sites (tertiary alicyclic amines) is 1. The first-order valence-corrected chi connectivity index (χ1v) is 11.7. The topological polar surface area (TPSA) is 78.4 Å². The Bertz CT molecular complexity index is 641. The van der Waals surface area contributed by atoms with Gasteiger partial charge in [0.25, 0.3) is 0 Å². The number of hydrogen-bond acceptors (Lipinski definition) is 5. The van der Waals surface area contributed by atoms with Crippen molar-refractivity contribution in [3.63, 3.8) is 0 Å². The lowest BCUT2D eigenvalue weighted by Gasteiger charge is -2.32. The molecule has 2 aliphatic heterocycles. The first kappa shape index (κ1) is 24.0. The van der Waals surface area contributed by atoms with Crippen molar-refractivity contribution in [2.24, 2.45) is 10.4 Å². The number of nitrogens with one attached hydrogen (secondary N) is 2. The fourth-order valence-corrected chi connectivity index (χ4v) is 4.41. The van der Waals surface area contributed by atoms with Crippen LogP contribution in [0.1, 0.15) is 37.7 Å². The van der Waals surface area contributed by atoms with Crippen LogP contribution in [0, 0.1) is 5.41 Å². The van der Waals surface area contributed by atoms with Gasteiger partial charge in [0.15, 0.2) is 5.96 Å². The van der Waals surface area contributed by atoms with Gasteiger partial charge in [-0.1, -0.05) is 30.3 Å². The first-order valence-electron chi connectivity index (χ1n) is 11.7. The van der Waals surface area contributed by atoms with Crippen LogP contribution in [0.25, 0.3) is 0 Å². The van der Waals surface area contributed by atoms with Crippen molar-refractivity contribution in [3.05, 3.63) is 35.9 Å². The molecule has 0 amide bonds. The summed E-state index contributed by atoms with van der Waals surface area (Å²) in [6, 6.07) is 10.7. The molecule has 0 bridgehead atoms. The molecule has 3 rings (SSSR count). The summed E-state index contributed by atoms with van der Waals surface area (Å²) < 4.78 is 11.7. The lowest BCUT2D eigenvalue weighted by molar-refractivity contribution is 0.00534. The van der Waals surface area contributed by atoms with E-state index in [1.165, 1.54) is 5.56 Å². The zero-order chi connectivity index (χ0) is 21.8. The van der Waals surface area contributed by atoms with Crippen molar-refractivity contribution in [3.8, 4) is 0 Å². The second-order valence-corrected chi connectivity index (χ2v) is 8.81. The number of hydrogen-bond donors (Lipinski definition) is 3. The molecule has 2 fully saturated rings. The highest BCUT2D eigenvalue weighted by Crippen LogP contribution is 2.31. The molecular formula is C24H40N4O3. The van der Waals surface area contributed by atoms with Gasteiger partial charge in [0.05, 0.1) is 12.7 Å². The molecule has 7 heteroatoms. The van der Waals surface area contributed by atoms with E-state index >= 15 is 0 Å². The van der Waals surface area contributed by atoms with E-state index in [1.807, 2.05) is 0 Å². The third kappa shape index (κ3) is 8.07. The first-order chi connectivity index (χ1) is 15.2. The summed E-state index contributed by atoms with van der Waals surface area (Å²) in [5, 5.41) is 16.1. The predicted molar refractivity (Wildman–Crippen MR) is 124 cm³/mol. The summed E-state index contributed by atoms with van der Waals surface area (Å²) in [5.74, 6) is 0.804. The second kappa shape index (κ2) is 13.0. The van der Waals surface area contributed by atoms with Gasteiger partial charge in [-0.15, -0.1) is 0 Å². The molecule has 0 saturated carbocycles. The van der Waals surface area contributed by atoms with Gasteiger partial charge in [0.2, 0.25) is 0 Å². The number of nitrogens with zero attached hydrogens (tertiary/aromatic N) is 2. The van der Waals surface area contributed by atoms with E-state index in [-0.39, 0.29) is 12.0 Å². The van der Waals surface area contributed by atoms with Gasteiger partial charge in [0, 0.05) is 65.0 Å². The van der Waals surface area contributed by atoms with Gasteiger partial charge in [-0.2, -0.15) is 0 Å². The average Bonchev–Trinajstić information content (AvgIpc) is 3.26. The Labute approximate surface area is 187 Å². The molecule has 31 heavy (non-hydrogen) atoms. The van der Waals surface area contributed by atoms with Crippen molar-refractivity contribution < 1.29 is 14.6 Å². The fraction of sp³-hybridized carbons (Fsp3) is 0.708. The van der Waals surface area contributed by atoms with Crippen LogP contribution in [0.2, 0.25) is 0 Å². The van der Waals surface area contributed by atoms with Gasteiger partial charge < -0.3 is 25.2 Å². The minimum atomic E-state index is 0.0187. The molecule has 2 heterocycles. The molecule has 0 aromatic heterocycles. The summed E-state index contributed by atoms with van der Waals surface area (Å²) in [6.45, 7) is 7.29. The monoisotopic (exact) mass is 432 g/mol. The van der Waals surface area contributed by atoms with Crippen molar-refractivity contribution in [2.45, 2.75) is 44.8 Å². The van der Waals surface area contributed by atoms with Crippen LogP contribution in [-0.4, -0.2) is 81.7 Å². The number of ether oxygens (including phenoxy) is 2. The number of guanidine groups is 1. The summed E-state index contributed by atoms with van der Waals surface area (Å²) in [5.41, 5.74) is 1.41. The van der Waals surface area contributed by atoms with E-state index in [0.29, 0.717) is 12.7 Å². The maximum absolute atomic E-state index is 9.36. The van der Waals surface area contributed by atoms with E-state index in [1.54, 1.807) is 7.05 Å². The zero-order valence-corrected chi connectivity index (χ0v) is 19.0. The zero-order valence-electron chi connectivity index (χ0n) is 19.0. The standard InChI is InChI=1S/C24H40N4O3/c1-25-23(27-19-24(10-15-29)11-17-30-20-24)26-12-5-16-31-22-8-13-28(14-9-22)18-21-6-3-2-4-7-21/h2-4,6-7,22,29H,5,8-20H2,1H3,(H2,25,26,27). The van der Waals surface area contributed by atoms with Crippen LogP contribution >= 0.6 is 0 Å². The summed E-state index contributed by atoms with van der Waals surface area (Å²) in [6.07, 6.45) is 5.29. The Morgan fingerprint density at radius 3 is 2.74 bits per heavy atom. The van der Waals surface area contributed by atoms with Gasteiger partial charge >= 0.3 is 0 Å². The lowest BCUT2D eigenvalue weighted by Crippen LogP contribution is -2.44. The van der Waals surface area contributed by atoms with E-state index in [0.717, 1.165) is 84.0 Å². The average molecular weight is 433 g/mol. The normalized spacial score (nSPS) is 23.2. The highest BCUT2D eigenvalue weighted by Gasteiger charge is 2.34. The van der Waals surface area contributed by atoms with Crippen LogP contribution in [0.4, 0.5) is 0 Å². The minimum absolute atomic E-state index is 0.0187. The fourth-order valence-electron chi connectivity index (χ4n) is 4.41. The van der Waals surface area contributed by atoms with Crippen LogP contribution in [-0.2, 0) is 16.0 Å². The molecule has 1 aromatic carbocycles. The third-order valence-electron chi connectivity index (χ3n) is 6.43. The van der Waals surface area contributed by atoms with E-state index < -0.39 is 0 Å². The van der Waals surface area contributed by atoms with Crippen molar-refractivity contribution in [1.29, 1.82) is 0 Å². The lowest BCUT2D eigenvalue weighted by atomic mass is 9.84. The van der Waals surface area contributed by atoms with Crippen molar-refractivity contribution >= 4 is 5.96 Å². The Balaban J connectivity index is 1.24. The van der Waals surface area contributed by atoms with Crippen LogP contribution in [0.5, 0.6) is 0 Å². The third-order valence-corrected chi connectivity index (χ3v) is 6.43. The van der Waals surface area contributed by atoms with E-state index in [2.05, 4.69) is 50.9 Å². The number of piperidine rings is 1. The number of aliphatic imine (C=N–C) groups is 1. The van der Waals surface area contributed by atoms with Gasteiger partial charge in [-0.25, -0.2) is 0 Å². The molecule has 1 atom stereocenters. The quantitative estimate of drug-likeness (QED) is 0.282. The highest BCUT2D eigenvalue weighted by atomic mass is 16.5. The molecular weight excluding hydrogens is 392 g/mol.